The molecule has 2 aromatic carbocycles. The minimum absolute atomic E-state index is 0. The third-order valence-electron chi connectivity index (χ3n) is 6.93. The van der Waals surface area contributed by atoms with Crippen LogP contribution < -0.4 is 5.32 Å². The second kappa shape index (κ2) is 9.72. The van der Waals surface area contributed by atoms with Gasteiger partial charge in [0.05, 0.1) is 52.1 Å². The summed E-state index contributed by atoms with van der Waals surface area (Å²) in [5, 5.41) is 9.02. The maximum Gasteiger partial charge on any atom is 0.163 e. The highest BCUT2D eigenvalue weighted by Gasteiger charge is 2.20. The predicted octanol–water partition coefficient (Wildman–Crippen LogP) is 5.61. The number of halogens is 1. The first-order chi connectivity index (χ1) is 17.0. The fraction of sp³-hybridized carbons (Fsp3) is 0.259. The van der Waals surface area contributed by atoms with Crippen LogP contribution in [0.1, 0.15) is 36.2 Å². The van der Waals surface area contributed by atoms with Crippen molar-refractivity contribution in [2.24, 2.45) is 0 Å². The highest BCUT2D eigenvalue weighted by Crippen LogP contribution is 2.34. The summed E-state index contributed by atoms with van der Waals surface area (Å²) in [6.45, 7) is 3.72. The van der Waals surface area contributed by atoms with Crippen molar-refractivity contribution in [3.05, 3.63) is 66.9 Å². The van der Waals surface area contributed by atoms with Crippen molar-refractivity contribution in [3.8, 4) is 11.1 Å². The summed E-state index contributed by atoms with van der Waals surface area (Å²) in [6.07, 6.45) is 9.40. The maximum atomic E-state index is 12.5. The highest BCUT2D eigenvalue weighted by molar-refractivity contribution is 6.08. The van der Waals surface area contributed by atoms with Gasteiger partial charge in [-0.15, -0.1) is 12.4 Å². The largest absolute Gasteiger partial charge is 0.352 e. The molecule has 1 aliphatic rings. The van der Waals surface area contributed by atoms with Crippen LogP contribution in [0.25, 0.3) is 33.1 Å². The molecule has 36 heavy (non-hydrogen) atoms. The molecule has 8 nitrogen and oxygen atoms in total. The SMILES string of the molecule is CC(=O)c1cnc2ccc(-c3ccc4nc[nH]c4c3)cc2c1Nc1cnn(C2CCN(C)CC2)c1.Cl. The molecule has 0 saturated carbocycles. The quantitative estimate of drug-likeness (QED) is 0.304. The fourth-order valence-electron chi connectivity index (χ4n) is 4.90. The van der Waals surface area contributed by atoms with Crippen LogP contribution in [0.2, 0.25) is 0 Å². The zero-order chi connectivity index (χ0) is 23.9. The van der Waals surface area contributed by atoms with Crippen molar-refractivity contribution in [3.63, 3.8) is 0 Å². The zero-order valence-corrected chi connectivity index (χ0v) is 21.0. The topological polar surface area (TPSA) is 91.7 Å². The average Bonchev–Trinajstić information content (AvgIpc) is 3.53. The molecule has 1 aliphatic heterocycles. The van der Waals surface area contributed by atoms with Gasteiger partial charge in [0.2, 0.25) is 0 Å². The van der Waals surface area contributed by atoms with Crippen LogP contribution in [0.15, 0.2) is 61.3 Å². The van der Waals surface area contributed by atoms with E-state index < -0.39 is 0 Å². The van der Waals surface area contributed by atoms with Gasteiger partial charge in [0.25, 0.3) is 0 Å². The molecule has 3 aromatic heterocycles. The second-order valence-electron chi connectivity index (χ2n) is 9.34. The van der Waals surface area contributed by atoms with Crippen molar-refractivity contribution in [2.75, 3.05) is 25.5 Å². The van der Waals surface area contributed by atoms with E-state index in [4.69, 9.17) is 0 Å². The van der Waals surface area contributed by atoms with Gasteiger partial charge >= 0.3 is 0 Å². The number of imidazole rings is 1. The van der Waals surface area contributed by atoms with Crippen LogP contribution in [0, 0.1) is 0 Å². The standard InChI is InChI=1S/C27H27N7O.ClH/c1-17(35)23-14-28-24-5-3-18(19-4-6-25-26(12-19)30-16-29-25)11-22(24)27(23)32-20-13-31-34(15-20)21-7-9-33(2)10-8-21;/h3-6,11-16,21H,7-10H2,1-2H3,(H,28,32)(H,29,30);1H. The van der Waals surface area contributed by atoms with E-state index in [1.807, 2.05) is 24.5 Å². The third-order valence-corrected chi connectivity index (χ3v) is 6.93. The van der Waals surface area contributed by atoms with E-state index in [1.54, 1.807) is 19.4 Å². The number of aromatic amines is 1. The normalized spacial score (nSPS) is 14.7. The summed E-state index contributed by atoms with van der Waals surface area (Å²) in [6, 6.07) is 12.7. The maximum absolute atomic E-state index is 12.5. The molecule has 1 saturated heterocycles. The number of H-pyrrole nitrogens is 1. The molecule has 5 aromatic rings. The van der Waals surface area contributed by atoms with Crippen molar-refractivity contribution < 1.29 is 4.79 Å². The van der Waals surface area contributed by atoms with Gasteiger partial charge in [-0.25, -0.2) is 4.98 Å². The fourth-order valence-corrected chi connectivity index (χ4v) is 4.90. The van der Waals surface area contributed by atoms with E-state index in [0.29, 0.717) is 11.6 Å². The van der Waals surface area contributed by atoms with E-state index in [2.05, 4.69) is 66.3 Å². The number of anilines is 2. The molecule has 184 valence electrons. The first kappa shape index (κ1) is 24.0. The van der Waals surface area contributed by atoms with Crippen LogP contribution >= 0.6 is 12.4 Å². The van der Waals surface area contributed by atoms with Gasteiger partial charge in [-0.1, -0.05) is 12.1 Å². The van der Waals surface area contributed by atoms with Gasteiger partial charge in [0, 0.05) is 17.8 Å². The molecule has 9 heteroatoms. The molecule has 0 aliphatic carbocycles. The van der Waals surface area contributed by atoms with Crippen molar-refractivity contribution >= 4 is 51.5 Å². The lowest BCUT2D eigenvalue weighted by molar-refractivity contribution is 0.101. The molecule has 6 rings (SSSR count). The molecule has 1 fully saturated rings. The van der Waals surface area contributed by atoms with E-state index in [9.17, 15) is 4.79 Å². The molecule has 0 radical (unpaired) electrons. The Labute approximate surface area is 215 Å². The number of hydrogen-bond acceptors (Lipinski definition) is 6. The summed E-state index contributed by atoms with van der Waals surface area (Å²) in [5.74, 6) is -0.0334. The molecule has 2 N–H and O–H groups in total. The molecular weight excluding hydrogens is 474 g/mol. The summed E-state index contributed by atoms with van der Waals surface area (Å²) in [7, 11) is 2.16. The number of pyridine rings is 1. The summed E-state index contributed by atoms with van der Waals surface area (Å²) in [5.41, 5.74) is 7.03. The lowest BCUT2D eigenvalue weighted by Gasteiger charge is -2.28. The van der Waals surface area contributed by atoms with Crippen molar-refractivity contribution in [1.29, 1.82) is 0 Å². The van der Waals surface area contributed by atoms with Crippen LogP contribution in [-0.4, -0.2) is 55.6 Å². The lowest BCUT2D eigenvalue weighted by Crippen LogP contribution is -2.31. The molecule has 0 atom stereocenters. The first-order valence-electron chi connectivity index (χ1n) is 11.9. The minimum Gasteiger partial charge on any atom is -0.352 e. The van der Waals surface area contributed by atoms with Gasteiger partial charge in [-0.05, 0) is 75.3 Å². The van der Waals surface area contributed by atoms with Gasteiger partial charge < -0.3 is 15.2 Å². The summed E-state index contributed by atoms with van der Waals surface area (Å²) >= 11 is 0. The Morgan fingerprint density at radius 3 is 2.56 bits per heavy atom. The number of fused-ring (bicyclic) bond motifs is 2. The number of carbonyl (C=O) groups is 1. The van der Waals surface area contributed by atoms with E-state index in [0.717, 1.165) is 70.4 Å². The number of ketones is 1. The van der Waals surface area contributed by atoms with Crippen LogP contribution in [0.3, 0.4) is 0 Å². The van der Waals surface area contributed by atoms with Crippen LogP contribution in [0.4, 0.5) is 11.4 Å². The van der Waals surface area contributed by atoms with Gasteiger partial charge in [0.1, 0.15) is 0 Å². The number of aromatic nitrogens is 5. The van der Waals surface area contributed by atoms with Gasteiger partial charge in [-0.3, -0.25) is 14.5 Å². The zero-order valence-electron chi connectivity index (χ0n) is 20.2. The first-order valence-corrected chi connectivity index (χ1v) is 11.9. The van der Waals surface area contributed by atoms with E-state index in [1.165, 1.54) is 0 Å². The number of Topliss-reactive ketones (excluding diaryl/α,β-unsaturated/α-hetero) is 1. The number of benzene rings is 2. The molecule has 0 amide bonds. The highest BCUT2D eigenvalue weighted by atomic mass is 35.5. The Balaban J connectivity index is 0.00000267. The Bertz CT molecular complexity index is 1550. The number of piperidine rings is 1. The number of likely N-dealkylation sites (tertiary alicyclic amines) is 1. The van der Waals surface area contributed by atoms with Crippen molar-refractivity contribution in [2.45, 2.75) is 25.8 Å². The minimum atomic E-state index is -0.0334. The van der Waals surface area contributed by atoms with Crippen LogP contribution in [0.5, 0.6) is 0 Å². The molecule has 0 spiro atoms. The van der Waals surface area contributed by atoms with Gasteiger partial charge in [-0.2, -0.15) is 5.10 Å². The van der Waals surface area contributed by atoms with E-state index in [-0.39, 0.29) is 18.2 Å². The molecule has 0 unspecified atom stereocenters. The number of nitrogens with zero attached hydrogens (tertiary/aromatic N) is 5. The third kappa shape index (κ3) is 4.45. The number of carbonyl (C=O) groups excluding carboxylic acids is 1. The summed E-state index contributed by atoms with van der Waals surface area (Å²) < 4.78 is 2.05. The Morgan fingerprint density at radius 1 is 1.03 bits per heavy atom. The predicted molar refractivity (Wildman–Crippen MR) is 145 cm³/mol. The smallest absolute Gasteiger partial charge is 0.163 e. The summed E-state index contributed by atoms with van der Waals surface area (Å²) in [4.78, 5) is 26.9. The van der Waals surface area contributed by atoms with Crippen LogP contribution in [-0.2, 0) is 0 Å². The van der Waals surface area contributed by atoms with Gasteiger partial charge in [0.15, 0.2) is 5.78 Å². The molecule has 4 heterocycles. The number of nitrogens with one attached hydrogen (secondary N) is 2. The van der Waals surface area contributed by atoms with Crippen molar-refractivity contribution in [1.82, 2.24) is 29.6 Å². The lowest BCUT2D eigenvalue weighted by atomic mass is 10.00. The Kier molecular flexibility index (Phi) is 6.47. The number of rotatable bonds is 5. The molecular formula is C27H28ClN7O. The Hall–Kier alpha value is -3.75. The molecule has 0 bridgehead atoms. The monoisotopic (exact) mass is 501 g/mol. The second-order valence-corrected chi connectivity index (χ2v) is 9.34. The average molecular weight is 502 g/mol. The Morgan fingerprint density at radius 2 is 1.78 bits per heavy atom. The number of hydrogen-bond donors (Lipinski definition) is 2. The van der Waals surface area contributed by atoms with E-state index >= 15 is 0 Å².